The van der Waals surface area contributed by atoms with E-state index in [4.69, 9.17) is 0 Å². The Morgan fingerprint density at radius 1 is 1.25 bits per heavy atom. The molecule has 2 rings (SSSR count). The molecular weight excluding hydrogens is 252 g/mol. The Morgan fingerprint density at radius 2 is 2.05 bits per heavy atom. The van der Waals surface area contributed by atoms with Crippen LogP contribution in [0.5, 0.6) is 0 Å². The molecule has 110 valence electrons. The lowest BCUT2D eigenvalue weighted by Gasteiger charge is -2.10. The Balaban J connectivity index is 2.13. The smallest absolute Gasteiger partial charge is 0.141 e. The first kappa shape index (κ1) is 14.7. The van der Waals surface area contributed by atoms with E-state index in [9.17, 15) is 0 Å². The van der Waals surface area contributed by atoms with E-state index in [0.29, 0.717) is 6.04 Å². The fourth-order valence-electron chi connectivity index (χ4n) is 2.09. The second kappa shape index (κ2) is 6.65. The third kappa shape index (κ3) is 3.45. The van der Waals surface area contributed by atoms with Crippen molar-refractivity contribution in [2.75, 3.05) is 0 Å². The first-order valence-electron chi connectivity index (χ1n) is 7.29. The minimum Gasteiger partial charge on any atom is -0.308 e. The lowest BCUT2D eigenvalue weighted by atomic mass is 10.3. The second-order valence-corrected chi connectivity index (χ2v) is 5.17. The molecule has 0 aliphatic rings. The predicted octanol–water partition coefficient (Wildman–Crippen LogP) is 1.60. The summed E-state index contributed by atoms with van der Waals surface area (Å²) in [4.78, 5) is 4.33. The summed E-state index contributed by atoms with van der Waals surface area (Å²) in [5, 5.41) is 12.3. The third-order valence-corrected chi connectivity index (χ3v) is 3.25. The van der Waals surface area contributed by atoms with Crippen LogP contribution in [0.15, 0.2) is 12.4 Å². The Morgan fingerprint density at radius 3 is 2.70 bits per heavy atom. The molecule has 0 spiro atoms. The minimum absolute atomic E-state index is 0.438. The van der Waals surface area contributed by atoms with Crippen molar-refractivity contribution in [1.29, 1.82) is 0 Å². The quantitative estimate of drug-likeness (QED) is 0.834. The van der Waals surface area contributed by atoms with Crippen LogP contribution in [0.25, 0.3) is 0 Å². The summed E-state index contributed by atoms with van der Waals surface area (Å²) in [5.74, 6) is 0.959. The number of rotatable bonds is 7. The molecule has 0 saturated heterocycles. The van der Waals surface area contributed by atoms with Crippen LogP contribution in [-0.4, -0.2) is 30.6 Å². The third-order valence-electron chi connectivity index (χ3n) is 3.25. The normalized spacial score (nSPS) is 11.4. The van der Waals surface area contributed by atoms with Crippen molar-refractivity contribution >= 4 is 0 Å². The first-order valence-corrected chi connectivity index (χ1v) is 7.29. The average molecular weight is 276 g/mol. The van der Waals surface area contributed by atoms with Crippen LogP contribution in [0.4, 0.5) is 0 Å². The van der Waals surface area contributed by atoms with E-state index < -0.39 is 0 Å². The van der Waals surface area contributed by atoms with Gasteiger partial charge in [-0.15, -0.1) is 0 Å². The van der Waals surface area contributed by atoms with Crippen LogP contribution in [-0.2, 0) is 26.1 Å². The molecule has 0 aliphatic carbocycles. The van der Waals surface area contributed by atoms with Crippen LogP contribution in [0.1, 0.15) is 44.9 Å². The van der Waals surface area contributed by atoms with Gasteiger partial charge in [0.2, 0.25) is 0 Å². The molecule has 2 heterocycles. The fourth-order valence-corrected chi connectivity index (χ4v) is 2.09. The van der Waals surface area contributed by atoms with E-state index in [2.05, 4.69) is 54.3 Å². The van der Waals surface area contributed by atoms with Crippen molar-refractivity contribution in [3.8, 4) is 0 Å². The maximum absolute atomic E-state index is 4.57. The molecule has 2 aromatic heterocycles. The van der Waals surface area contributed by atoms with Crippen molar-refractivity contribution in [1.82, 2.24) is 29.9 Å². The average Bonchev–Trinajstić information content (AvgIpc) is 3.03. The van der Waals surface area contributed by atoms with Gasteiger partial charge in [0.15, 0.2) is 0 Å². The maximum Gasteiger partial charge on any atom is 0.141 e. The van der Waals surface area contributed by atoms with Crippen LogP contribution in [0, 0.1) is 0 Å². The molecular formula is C14H24N6. The first-order chi connectivity index (χ1) is 9.63. The Kier molecular flexibility index (Phi) is 4.89. The van der Waals surface area contributed by atoms with E-state index in [1.54, 1.807) is 6.33 Å². The highest BCUT2D eigenvalue weighted by Gasteiger charge is 2.10. The number of hydrogen-bond acceptors (Lipinski definition) is 4. The summed E-state index contributed by atoms with van der Waals surface area (Å²) in [6, 6.07) is 2.60. The van der Waals surface area contributed by atoms with Crippen molar-refractivity contribution in [2.45, 2.75) is 59.8 Å². The van der Waals surface area contributed by atoms with Crippen LogP contribution in [0.2, 0.25) is 0 Å². The molecule has 0 unspecified atom stereocenters. The molecule has 6 nitrogen and oxygen atoms in total. The van der Waals surface area contributed by atoms with Crippen molar-refractivity contribution in [2.24, 2.45) is 0 Å². The van der Waals surface area contributed by atoms with E-state index in [1.165, 1.54) is 5.69 Å². The van der Waals surface area contributed by atoms with Gasteiger partial charge in [-0.3, -0.25) is 4.68 Å². The monoisotopic (exact) mass is 276 g/mol. The molecule has 1 N–H and O–H groups in total. The molecule has 0 aromatic carbocycles. The van der Waals surface area contributed by atoms with Gasteiger partial charge in [0.25, 0.3) is 0 Å². The van der Waals surface area contributed by atoms with Crippen molar-refractivity contribution in [3.05, 3.63) is 29.6 Å². The highest BCUT2D eigenvalue weighted by molar-refractivity contribution is 5.11. The van der Waals surface area contributed by atoms with Gasteiger partial charge in [0.05, 0.1) is 24.5 Å². The Hall–Kier alpha value is -1.69. The number of aryl methyl sites for hydroxylation is 2. The second-order valence-electron chi connectivity index (χ2n) is 5.17. The molecule has 0 atom stereocenters. The molecule has 20 heavy (non-hydrogen) atoms. The summed E-state index contributed by atoms with van der Waals surface area (Å²) in [6.07, 6.45) is 2.57. The predicted molar refractivity (Wildman–Crippen MR) is 78.4 cm³/mol. The summed E-state index contributed by atoms with van der Waals surface area (Å²) in [6.45, 7) is 10.8. The molecule has 0 amide bonds. The number of nitrogens with one attached hydrogen (secondary N) is 1. The van der Waals surface area contributed by atoms with Gasteiger partial charge in [-0.2, -0.15) is 10.2 Å². The van der Waals surface area contributed by atoms with Gasteiger partial charge in [-0.25, -0.2) is 9.67 Å². The van der Waals surface area contributed by atoms with E-state index in [1.807, 2.05) is 9.36 Å². The van der Waals surface area contributed by atoms with Gasteiger partial charge in [-0.1, -0.05) is 20.8 Å². The standard InChI is InChI=1S/C14H24N6/c1-5-12-7-13(19(6-2)18-12)9-20-14(16-10-17-20)8-15-11(3)4/h7,10-11,15H,5-6,8-9H2,1-4H3. The summed E-state index contributed by atoms with van der Waals surface area (Å²) >= 11 is 0. The number of aromatic nitrogens is 5. The number of hydrogen-bond donors (Lipinski definition) is 1. The van der Waals surface area contributed by atoms with E-state index >= 15 is 0 Å². The van der Waals surface area contributed by atoms with E-state index in [0.717, 1.165) is 37.6 Å². The van der Waals surface area contributed by atoms with Crippen LogP contribution >= 0.6 is 0 Å². The van der Waals surface area contributed by atoms with Crippen molar-refractivity contribution in [3.63, 3.8) is 0 Å². The Labute approximate surface area is 120 Å². The topological polar surface area (TPSA) is 60.6 Å². The van der Waals surface area contributed by atoms with Gasteiger partial charge < -0.3 is 5.32 Å². The molecule has 0 radical (unpaired) electrons. The van der Waals surface area contributed by atoms with Gasteiger partial charge in [-0.05, 0) is 19.4 Å². The molecule has 0 aliphatic heterocycles. The molecule has 0 saturated carbocycles. The zero-order valence-electron chi connectivity index (χ0n) is 12.8. The Bertz CT molecular complexity index is 540. The highest BCUT2D eigenvalue weighted by Crippen LogP contribution is 2.08. The lowest BCUT2D eigenvalue weighted by Crippen LogP contribution is -2.24. The van der Waals surface area contributed by atoms with Crippen molar-refractivity contribution < 1.29 is 0 Å². The summed E-state index contributed by atoms with van der Waals surface area (Å²) in [7, 11) is 0. The van der Waals surface area contributed by atoms with Gasteiger partial charge in [0, 0.05) is 12.6 Å². The van der Waals surface area contributed by atoms with Crippen LogP contribution in [0.3, 0.4) is 0 Å². The largest absolute Gasteiger partial charge is 0.308 e. The highest BCUT2D eigenvalue weighted by atomic mass is 15.4. The van der Waals surface area contributed by atoms with Gasteiger partial charge >= 0.3 is 0 Å². The molecule has 2 aromatic rings. The zero-order chi connectivity index (χ0) is 14.5. The minimum atomic E-state index is 0.438. The SMILES string of the molecule is CCc1cc(Cn2ncnc2CNC(C)C)n(CC)n1. The molecule has 0 fully saturated rings. The summed E-state index contributed by atoms with van der Waals surface area (Å²) < 4.78 is 3.98. The molecule has 6 heteroatoms. The van der Waals surface area contributed by atoms with Crippen LogP contribution < -0.4 is 5.32 Å². The van der Waals surface area contributed by atoms with Gasteiger partial charge in [0.1, 0.15) is 12.2 Å². The van der Waals surface area contributed by atoms with E-state index in [-0.39, 0.29) is 0 Å². The zero-order valence-corrected chi connectivity index (χ0v) is 12.8. The lowest BCUT2D eigenvalue weighted by molar-refractivity contribution is 0.521. The number of nitrogens with zero attached hydrogens (tertiary/aromatic N) is 5. The molecule has 0 bridgehead atoms. The maximum atomic E-state index is 4.57. The fraction of sp³-hybridized carbons (Fsp3) is 0.643. The summed E-state index contributed by atoms with van der Waals surface area (Å²) in [5.41, 5.74) is 2.31.